The minimum absolute atomic E-state index is 0.249. The van der Waals surface area contributed by atoms with E-state index in [2.05, 4.69) is 26.8 Å². The van der Waals surface area contributed by atoms with E-state index in [1.807, 2.05) is 31.5 Å². The molecule has 0 spiro atoms. The second-order valence-corrected chi connectivity index (χ2v) is 8.50. The van der Waals surface area contributed by atoms with Gasteiger partial charge in [0, 0.05) is 43.0 Å². The van der Waals surface area contributed by atoms with Crippen LogP contribution in [0.25, 0.3) is 0 Å². The molecule has 3 atom stereocenters. The zero-order chi connectivity index (χ0) is 29.4. The van der Waals surface area contributed by atoms with E-state index in [0.29, 0.717) is 18.4 Å². The number of pyridine rings is 1. The lowest BCUT2D eigenvalue weighted by Gasteiger charge is -2.20. The Hall–Kier alpha value is -3.69. The van der Waals surface area contributed by atoms with E-state index < -0.39 is 24.3 Å². The van der Waals surface area contributed by atoms with Gasteiger partial charge in [-0.1, -0.05) is 6.92 Å². The van der Waals surface area contributed by atoms with Crippen LogP contribution in [-0.2, 0) is 20.7 Å². The van der Waals surface area contributed by atoms with Gasteiger partial charge < -0.3 is 24.6 Å². The molecule has 2 aromatic rings. The molecule has 0 bridgehead atoms. The average molecular weight is 568 g/mol. The standard InChI is InChI=1S/C19H24N4O2.2C2HF3O2/c1-3-14-6-21-19(22-7-14)23-9-17-15(12-25-18(17)10-23)11-24-16-5-4-13(2)20-8-16;2*3-2(4,5)1(6)7/h4-8,15,17-18H,3,9-12H2,1-2H3;2*(H,6,7)/t15-,17-,18-;;/m1../s1. The number of hydrogen-bond acceptors (Lipinski definition) is 8. The molecule has 4 heterocycles. The Labute approximate surface area is 218 Å². The van der Waals surface area contributed by atoms with Gasteiger partial charge in [-0.15, -0.1) is 0 Å². The van der Waals surface area contributed by atoms with Gasteiger partial charge in [0.2, 0.25) is 5.95 Å². The Morgan fingerprint density at radius 3 is 2.03 bits per heavy atom. The zero-order valence-corrected chi connectivity index (χ0v) is 20.7. The summed E-state index contributed by atoms with van der Waals surface area (Å²) in [6.07, 6.45) is -3.33. The maximum atomic E-state index is 10.6. The molecule has 2 N–H and O–H groups in total. The summed E-state index contributed by atoms with van der Waals surface area (Å²) in [4.78, 5) is 33.3. The molecule has 0 aliphatic carbocycles. The third kappa shape index (κ3) is 9.85. The van der Waals surface area contributed by atoms with Crippen molar-refractivity contribution in [3.05, 3.63) is 42.0 Å². The highest BCUT2D eigenvalue weighted by atomic mass is 19.4. The van der Waals surface area contributed by atoms with Crippen LogP contribution in [0.1, 0.15) is 18.2 Å². The van der Waals surface area contributed by atoms with Crippen LogP contribution in [0.2, 0.25) is 0 Å². The lowest BCUT2D eigenvalue weighted by atomic mass is 9.94. The first-order valence-corrected chi connectivity index (χ1v) is 11.4. The van der Waals surface area contributed by atoms with Crippen LogP contribution in [0.5, 0.6) is 5.75 Å². The summed E-state index contributed by atoms with van der Waals surface area (Å²) in [6.45, 7) is 7.30. The van der Waals surface area contributed by atoms with Crippen LogP contribution < -0.4 is 9.64 Å². The van der Waals surface area contributed by atoms with Gasteiger partial charge in [0.1, 0.15) is 5.75 Å². The number of carbonyl (C=O) groups is 2. The largest absolute Gasteiger partial charge is 0.492 e. The molecule has 10 nitrogen and oxygen atoms in total. The number of fused-ring (bicyclic) bond motifs is 1. The molecule has 2 saturated heterocycles. The molecular formula is C23H26F6N4O6. The van der Waals surface area contributed by atoms with Crippen molar-refractivity contribution in [3.63, 3.8) is 0 Å². The number of ether oxygens (including phenoxy) is 2. The molecule has 0 radical (unpaired) electrons. The Morgan fingerprint density at radius 2 is 1.56 bits per heavy atom. The highest BCUT2D eigenvalue weighted by molar-refractivity contribution is 5.73. The zero-order valence-electron chi connectivity index (χ0n) is 20.7. The van der Waals surface area contributed by atoms with Gasteiger partial charge >= 0.3 is 24.3 Å². The van der Waals surface area contributed by atoms with Gasteiger partial charge in [-0.2, -0.15) is 26.3 Å². The number of hydrogen-bond donors (Lipinski definition) is 2. The van der Waals surface area contributed by atoms with Crippen LogP contribution in [0.3, 0.4) is 0 Å². The summed E-state index contributed by atoms with van der Waals surface area (Å²) in [7, 11) is 0. The number of aliphatic carboxylic acids is 2. The van der Waals surface area contributed by atoms with Gasteiger partial charge in [-0.05, 0) is 31.0 Å². The van der Waals surface area contributed by atoms with Crippen molar-refractivity contribution in [3.8, 4) is 5.75 Å². The fourth-order valence-electron chi connectivity index (χ4n) is 3.57. The highest BCUT2D eigenvalue weighted by Gasteiger charge is 2.45. The fourth-order valence-corrected chi connectivity index (χ4v) is 3.57. The molecule has 0 saturated carbocycles. The van der Waals surface area contributed by atoms with E-state index in [1.165, 1.54) is 0 Å². The predicted octanol–water partition coefficient (Wildman–Crippen LogP) is 3.54. The molecule has 0 unspecified atom stereocenters. The Kier molecular flexibility index (Phi) is 10.8. The number of carboxylic acid groups (broad SMARTS) is 2. The van der Waals surface area contributed by atoms with Crippen LogP contribution in [0, 0.1) is 18.8 Å². The quantitative estimate of drug-likeness (QED) is 0.516. The average Bonchev–Trinajstić information content (AvgIpc) is 3.45. The van der Waals surface area contributed by atoms with Crippen molar-refractivity contribution >= 4 is 17.9 Å². The summed E-state index contributed by atoms with van der Waals surface area (Å²) in [5.41, 5.74) is 2.16. The highest BCUT2D eigenvalue weighted by Crippen LogP contribution is 2.35. The van der Waals surface area contributed by atoms with Gasteiger partial charge in [0.05, 0.1) is 25.5 Å². The van der Waals surface area contributed by atoms with E-state index in [-0.39, 0.29) is 6.10 Å². The van der Waals surface area contributed by atoms with Crippen molar-refractivity contribution < 1.29 is 55.6 Å². The maximum absolute atomic E-state index is 10.6. The topological polar surface area (TPSA) is 135 Å². The Morgan fingerprint density at radius 1 is 1.00 bits per heavy atom. The van der Waals surface area contributed by atoms with E-state index >= 15 is 0 Å². The third-order valence-corrected chi connectivity index (χ3v) is 5.66. The molecule has 4 rings (SSSR count). The van der Waals surface area contributed by atoms with Crippen molar-refractivity contribution in [1.29, 1.82) is 0 Å². The van der Waals surface area contributed by atoms with E-state index in [1.54, 1.807) is 6.20 Å². The van der Waals surface area contributed by atoms with Gasteiger partial charge in [0.25, 0.3) is 0 Å². The van der Waals surface area contributed by atoms with Crippen molar-refractivity contribution in [2.24, 2.45) is 11.8 Å². The molecule has 16 heteroatoms. The summed E-state index contributed by atoms with van der Waals surface area (Å²) in [5.74, 6) is -3.03. The molecule has 216 valence electrons. The van der Waals surface area contributed by atoms with Crippen molar-refractivity contribution in [1.82, 2.24) is 15.0 Å². The third-order valence-electron chi connectivity index (χ3n) is 5.66. The summed E-state index contributed by atoms with van der Waals surface area (Å²) in [5, 5.41) is 14.2. The fraction of sp³-hybridized carbons (Fsp3) is 0.522. The molecule has 2 fully saturated rings. The molecule has 2 aliphatic rings. The molecule has 0 amide bonds. The Balaban J connectivity index is 0.000000317. The second kappa shape index (κ2) is 13.4. The molecule has 39 heavy (non-hydrogen) atoms. The number of halogens is 6. The number of anilines is 1. The number of rotatable bonds is 5. The van der Waals surface area contributed by atoms with Crippen LogP contribution in [0.4, 0.5) is 32.3 Å². The SMILES string of the molecule is CCc1cnc(N2C[C@@H]3[C@H](COc4ccc(C)nc4)CO[C@@H]3C2)nc1.O=C(O)C(F)(F)F.O=C(O)C(F)(F)F. The number of aryl methyl sites for hydroxylation is 2. The molecule has 2 aromatic heterocycles. The van der Waals surface area contributed by atoms with Crippen molar-refractivity contribution in [2.75, 3.05) is 31.2 Å². The number of carboxylic acids is 2. The first-order valence-electron chi connectivity index (χ1n) is 11.4. The van der Waals surface area contributed by atoms with Crippen LogP contribution in [0.15, 0.2) is 30.7 Å². The van der Waals surface area contributed by atoms with E-state index in [4.69, 9.17) is 29.3 Å². The summed E-state index contributed by atoms with van der Waals surface area (Å²) < 4.78 is 75.4. The Bertz CT molecular complexity index is 1060. The number of nitrogens with zero attached hydrogens (tertiary/aromatic N) is 4. The first kappa shape index (κ1) is 31.5. The molecule has 2 aliphatic heterocycles. The minimum atomic E-state index is -5.08. The van der Waals surface area contributed by atoms with Gasteiger partial charge in [0.15, 0.2) is 0 Å². The normalized spacial score (nSPS) is 20.2. The summed E-state index contributed by atoms with van der Waals surface area (Å²) >= 11 is 0. The van der Waals surface area contributed by atoms with E-state index in [9.17, 15) is 26.3 Å². The lowest BCUT2D eigenvalue weighted by Crippen LogP contribution is -2.27. The second-order valence-electron chi connectivity index (χ2n) is 8.50. The number of alkyl halides is 6. The maximum Gasteiger partial charge on any atom is 0.490 e. The smallest absolute Gasteiger partial charge is 0.490 e. The monoisotopic (exact) mass is 568 g/mol. The minimum Gasteiger partial charge on any atom is -0.492 e. The van der Waals surface area contributed by atoms with Crippen molar-refractivity contribution in [2.45, 2.75) is 38.7 Å². The van der Waals surface area contributed by atoms with Crippen LogP contribution >= 0.6 is 0 Å². The van der Waals surface area contributed by atoms with Crippen LogP contribution in [-0.4, -0.2) is 81.9 Å². The van der Waals surface area contributed by atoms with E-state index in [0.717, 1.165) is 49.1 Å². The van der Waals surface area contributed by atoms with Gasteiger partial charge in [-0.3, -0.25) is 4.98 Å². The molecular weight excluding hydrogens is 542 g/mol. The first-order chi connectivity index (χ1) is 18.1. The predicted molar refractivity (Wildman–Crippen MR) is 122 cm³/mol. The summed E-state index contributed by atoms with van der Waals surface area (Å²) in [6, 6.07) is 3.94. The lowest BCUT2D eigenvalue weighted by molar-refractivity contribution is -0.193. The molecule has 0 aromatic carbocycles. The van der Waals surface area contributed by atoms with Gasteiger partial charge in [-0.25, -0.2) is 19.6 Å². The number of aromatic nitrogens is 3.